The van der Waals surface area contributed by atoms with Gasteiger partial charge in [0.2, 0.25) is 11.6 Å². The van der Waals surface area contributed by atoms with Gasteiger partial charge in [-0.15, -0.1) is 0 Å². The molecule has 1 atom stereocenters. The first-order valence-corrected chi connectivity index (χ1v) is 10.00. The highest BCUT2D eigenvalue weighted by Gasteiger charge is 2.40. The van der Waals surface area contributed by atoms with Gasteiger partial charge in [0.05, 0.1) is 22.4 Å². The fraction of sp³-hybridized carbons (Fsp3) is 0.0385. The molecule has 1 aliphatic carbocycles. The highest BCUT2D eigenvalue weighted by molar-refractivity contribution is 6.52. The number of rotatable bonds is 3. The Morgan fingerprint density at radius 1 is 0.758 bits per heavy atom. The number of ketones is 2. The van der Waals surface area contributed by atoms with Gasteiger partial charge >= 0.3 is 5.63 Å². The minimum Gasteiger partial charge on any atom is -0.507 e. The Morgan fingerprint density at radius 3 is 2.12 bits per heavy atom. The monoisotopic (exact) mass is 442 g/mol. The number of halogens is 1. The molecular formula is C26H15FO6. The third-order valence-corrected chi connectivity index (χ3v) is 5.73. The van der Waals surface area contributed by atoms with Crippen LogP contribution >= 0.6 is 0 Å². The lowest BCUT2D eigenvalue weighted by molar-refractivity contribution is -0.112. The van der Waals surface area contributed by atoms with Crippen LogP contribution < -0.4 is 5.63 Å². The van der Waals surface area contributed by atoms with E-state index in [1.807, 2.05) is 0 Å². The summed E-state index contributed by atoms with van der Waals surface area (Å²) in [6.07, 6.45) is 0. The molecule has 5 rings (SSSR count). The van der Waals surface area contributed by atoms with Crippen molar-refractivity contribution in [1.82, 2.24) is 0 Å². The van der Waals surface area contributed by atoms with Crippen LogP contribution in [0.5, 0.6) is 5.75 Å². The smallest absolute Gasteiger partial charge is 0.344 e. The highest BCUT2D eigenvalue weighted by Crippen LogP contribution is 2.43. The Balaban J connectivity index is 1.88. The van der Waals surface area contributed by atoms with Gasteiger partial charge in [0, 0.05) is 11.1 Å². The zero-order valence-corrected chi connectivity index (χ0v) is 16.9. The van der Waals surface area contributed by atoms with Crippen LogP contribution in [0, 0.1) is 5.82 Å². The van der Waals surface area contributed by atoms with E-state index in [1.54, 1.807) is 24.3 Å². The van der Waals surface area contributed by atoms with Crippen molar-refractivity contribution in [3.63, 3.8) is 0 Å². The first kappa shape index (κ1) is 20.4. The zero-order valence-electron chi connectivity index (χ0n) is 16.9. The van der Waals surface area contributed by atoms with Gasteiger partial charge in [-0.3, -0.25) is 9.59 Å². The van der Waals surface area contributed by atoms with Gasteiger partial charge in [-0.2, -0.15) is 0 Å². The van der Waals surface area contributed by atoms with E-state index in [-0.39, 0.29) is 33.2 Å². The van der Waals surface area contributed by atoms with Gasteiger partial charge in [-0.1, -0.05) is 48.5 Å². The summed E-state index contributed by atoms with van der Waals surface area (Å²) in [7, 11) is 0. The van der Waals surface area contributed by atoms with Crippen molar-refractivity contribution < 1.29 is 28.6 Å². The van der Waals surface area contributed by atoms with Gasteiger partial charge in [0.1, 0.15) is 22.9 Å². The number of hydrogen-bond donors (Lipinski definition) is 2. The van der Waals surface area contributed by atoms with E-state index in [9.17, 15) is 29.0 Å². The summed E-state index contributed by atoms with van der Waals surface area (Å²) in [4.78, 5) is 39.1. The maximum atomic E-state index is 13.7. The number of hydrogen-bond acceptors (Lipinski definition) is 6. The summed E-state index contributed by atoms with van der Waals surface area (Å²) in [6, 6.07) is 17.2. The number of carbonyl (C=O) groups is 2. The molecule has 0 bridgehead atoms. The van der Waals surface area contributed by atoms with Crippen LogP contribution in [0.25, 0.3) is 16.7 Å². The molecule has 33 heavy (non-hydrogen) atoms. The Hall–Kier alpha value is -4.52. The maximum Gasteiger partial charge on any atom is 0.344 e. The van der Waals surface area contributed by atoms with Crippen LogP contribution in [0.3, 0.4) is 0 Å². The van der Waals surface area contributed by atoms with E-state index < -0.39 is 46.0 Å². The number of benzene rings is 3. The molecule has 162 valence electrons. The fourth-order valence-corrected chi connectivity index (χ4v) is 4.19. The van der Waals surface area contributed by atoms with Crippen LogP contribution in [-0.2, 0) is 4.79 Å². The third-order valence-electron chi connectivity index (χ3n) is 5.73. The second-order valence-corrected chi connectivity index (χ2v) is 7.60. The molecule has 0 spiro atoms. The van der Waals surface area contributed by atoms with Crippen molar-refractivity contribution in [2.75, 3.05) is 0 Å². The average molecular weight is 442 g/mol. The molecule has 0 saturated heterocycles. The van der Waals surface area contributed by atoms with E-state index >= 15 is 0 Å². The van der Waals surface area contributed by atoms with E-state index in [0.29, 0.717) is 0 Å². The standard InChI is InChI=1S/C26H15FO6/c27-14-11-9-13(10-12-14)19(21-23(29)17-7-3-4-8-18(17)33-26(21)32)20-22(28)15-5-1-2-6-16(15)24(30)25(20)31/h1-12,19,28-29H. The molecule has 6 nitrogen and oxygen atoms in total. The number of allylic oxidation sites excluding steroid dienone is 1. The fourth-order valence-electron chi connectivity index (χ4n) is 4.19. The molecule has 4 aromatic rings. The van der Waals surface area contributed by atoms with Crippen molar-refractivity contribution in [1.29, 1.82) is 0 Å². The number of aliphatic hydroxyl groups is 1. The predicted molar refractivity (Wildman–Crippen MR) is 118 cm³/mol. The molecule has 2 N–H and O–H groups in total. The van der Waals surface area contributed by atoms with Gasteiger partial charge < -0.3 is 14.6 Å². The van der Waals surface area contributed by atoms with Crippen molar-refractivity contribution in [2.24, 2.45) is 0 Å². The molecule has 0 aliphatic heterocycles. The zero-order chi connectivity index (χ0) is 23.3. The number of aromatic hydroxyl groups is 1. The summed E-state index contributed by atoms with van der Waals surface area (Å²) in [5.74, 6) is -4.83. The SMILES string of the molecule is O=C1C(=O)c2ccccc2C(O)=C1C(c1ccc(F)cc1)c1c(O)c2ccccc2oc1=O. The number of Topliss-reactive ketones (excluding diaryl/α,β-unsaturated/α-hetero) is 2. The van der Waals surface area contributed by atoms with Gasteiger partial charge in [-0.05, 0) is 29.8 Å². The molecule has 1 aliphatic rings. The molecule has 1 heterocycles. The molecule has 0 fully saturated rings. The second kappa shape index (κ2) is 7.56. The number of carbonyl (C=O) groups excluding carboxylic acids is 2. The summed E-state index contributed by atoms with van der Waals surface area (Å²) in [5, 5.41) is 22.3. The van der Waals surface area contributed by atoms with E-state index in [2.05, 4.69) is 0 Å². The van der Waals surface area contributed by atoms with Crippen LogP contribution in [0.2, 0.25) is 0 Å². The molecule has 1 unspecified atom stereocenters. The van der Waals surface area contributed by atoms with Gasteiger partial charge in [0.15, 0.2) is 0 Å². The minimum absolute atomic E-state index is 0.0244. The summed E-state index contributed by atoms with van der Waals surface area (Å²) in [6.45, 7) is 0. The summed E-state index contributed by atoms with van der Waals surface area (Å²) in [5.41, 5.74) is -1.23. The van der Waals surface area contributed by atoms with Crippen LogP contribution in [0.15, 0.2) is 87.6 Å². The van der Waals surface area contributed by atoms with E-state index in [1.165, 1.54) is 36.4 Å². The van der Waals surface area contributed by atoms with Crippen molar-refractivity contribution in [3.8, 4) is 5.75 Å². The molecule has 1 aromatic heterocycles. The predicted octanol–water partition coefficient (Wildman–Crippen LogP) is 4.50. The molecule has 3 aromatic carbocycles. The van der Waals surface area contributed by atoms with Crippen LogP contribution in [-0.4, -0.2) is 21.8 Å². The van der Waals surface area contributed by atoms with Gasteiger partial charge in [0.25, 0.3) is 0 Å². The summed E-state index contributed by atoms with van der Waals surface area (Å²) < 4.78 is 19.0. The highest BCUT2D eigenvalue weighted by atomic mass is 19.1. The Kier molecular flexibility index (Phi) is 4.67. The Labute approximate surface area is 185 Å². The van der Waals surface area contributed by atoms with Gasteiger partial charge in [-0.25, -0.2) is 9.18 Å². The van der Waals surface area contributed by atoms with Crippen molar-refractivity contribution >= 4 is 28.3 Å². The van der Waals surface area contributed by atoms with Crippen LogP contribution in [0.4, 0.5) is 4.39 Å². The third kappa shape index (κ3) is 3.13. The second-order valence-electron chi connectivity index (χ2n) is 7.60. The summed E-state index contributed by atoms with van der Waals surface area (Å²) >= 11 is 0. The lowest BCUT2D eigenvalue weighted by Crippen LogP contribution is -2.29. The molecular weight excluding hydrogens is 427 g/mol. The average Bonchev–Trinajstić information content (AvgIpc) is 2.82. The number of fused-ring (bicyclic) bond motifs is 2. The normalized spacial score (nSPS) is 14.5. The first-order chi connectivity index (χ1) is 15.9. The maximum absolute atomic E-state index is 13.7. The Bertz CT molecular complexity index is 1550. The van der Waals surface area contributed by atoms with Crippen LogP contribution in [0.1, 0.15) is 33.0 Å². The van der Waals surface area contributed by atoms with Crippen molar-refractivity contribution in [2.45, 2.75) is 5.92 Å². The largest absolute Gasteiger partial charge is 0.507 e. The molecule has 7 heteroatoms. The minimum atomic E-state index is -1.39. The number of para-hydroxylation sites is 1. The lowest BCUT2D eigenvalue weighted by atomic mass is 9.76. The molecule has 0 amide bonds. The molecule has 0 saturated carbocycles. The van der Waals surface area contributed by atoms with Crippen molar-refractivity contribution in [3.05, 3.63) is 117 Å². The number of aliphatic hydroxyl groups excluding tert-OH is 1. The topological polar surface area (TPSA) is 105 Å². The first-order valence-electron chi connectivity index (χ1n) is 10.00. The van der Waals surface area contributed by atoms with E-state index in [4.69, 9.17) is 4.42 Å². The molecule has 0 radical (unpaired) electrons. The Morgan fingerprint density at radius 2 is 1.39 bits per heavy atom. The lowest BCUT2D eigenvalue weighted by Gasteiger charge is -2.25. The quantitative estimate of drug-likeness (QED) is 0.358. The van der Waals surface area contributed by atoms with E-state index in [0.717, 1.165) is 12.1 Å².